The quantitative estimate of drug-likeness (QED) is 0.0921. The predicted molar refractivity (Wildman–Crippen MR) is 161 cm³/mol. The van der Waals surface area contributed by atoms with Gasteiger partial charge in [0.2, 0.25) is 0 Å². The summed E-state index contributed by atoms with van der Waals surface area (Å²) in [6.07, 6.45) is 0. The van der Waals surface area contributed by atoms with Gasteiger partial charge >= 0.3 is 11.9 Å². The van der Waals surface area contributed by atoms with Crippen molar-refractivity contribution in [2.24, 2.45) is 0 Å². The van der Waals surface area contributed by atoms with E-state index in [1.54, 1.807) is 48.5 Å². The lowest BCUT2D eigenvalue weighted by atomic mass is 10.1. The molecule has 43 heavy (non-hydrogen) atoms. The van der Waals surface area contributed by atoms with E-state index in [-0.39, 0.29) is 34.0 Å². The Balaban J connectivity index is 1.21. The van der Waals surface area contributed by atoms with Crippen molar-refractivity contribution in [3.05, 3.63) is 155 Å². The highest BCUT2D eigenvalue weighted by Crippen LogP contribution is 2.26. The van der Waals surface area contributed by atoms with E-state index < -0.39 is 11.9 Å². The SMILES string of the molecule is CC(=O)c1cc(OC(=O)c2ccc(OCc3ccccc3)cc2)cc(OC(=O)c2ccc(OCc3ccccc3)cc2)c1. The van der Waals surface area contributed by atoms with Crippen LogP contribution in [0.15, 0.2) is 127 Å². The summed E-state index contributed by atoms with van der Waals surface area (Å²) >= 11 is 0. The van der Waals surface area contributed by atoms with Crippen LogP contribution in [0.4, 0.5) is 0 Å². The number of esters is 2. The zero-order chi connectivity index (χ0) is 30.0. The molecule has 5 aromatic carbocycles. The fraction of sp³-hybridized carbons (Fsp3) is 0.0833. The molecule has 0 aliphatic heterocycles. The van der Waals surface area contributed by atoms with Crippen molar-refractivity contribution in [3.63, 3.8) is 0 Å². The van der Waals surface area contributed by atoms with Crippen LogP contribution in [0.3, 0.4) is 0 Å². The third-order valence-electron chi connectivity index (χ3n) is 6.38. The van der Waals surface area contributed by atoms with Crippen LogP contribution >= 0.6 is 0 Å². The Hall–Kier alpha value is -5.69. The molecule has 0 atom stereocenters. The lowest BCUT2D eigenvalue weighted by molar-refractivity contribution is 0.0730. The molecule has 7 nitrogen and oxygen atoms in total. The van der Waals surface area contributed by atoms with Gasteiger partial charge in [-0.05, 0) is 78.7 Å². The van der Waals surface area contributed by atoms with Gasteiger partial charge in [0.15, 0.2) is 5.78 Å². The summed E-state index contributed by atoms with van der Waals surface area (Å²) in [6.45, 7) is 2.17. The summed E-state index contributed by atoms with van der Waals surface area (Å²) in [5, 5.41) is 0. The monoisotopic (exact) mass is 572 g/mol. The first-order valence-corrected chi connectivity index (χ1v) is 13.6. The molecular weight excluding hydrogens is 544 g/mol. The van der Waals surface area contributed by atoms with Gasteiger partial charge in [0.25, 0.3) is 0 Å². The third-order valence-corrected chi connectivity index (χ3v) is 6.38. The van der Waals surface area contributed by atoms with Crippen LogP contribution < -0.4 is 18.9 Å². The third kappa shape index (κ3) is 8.17. The van der Waals surface area contributed by atoms with Crippen LogP contribution in [0.2, 0.25) is 0 Å². The number of benzene rings is 5. The molecule has 5 rings (SSSR count). The maximum Gasteiger partial charge on any atom is 0.343 e. The molecule has 0 saturated carbocycles. The molecule has 0 fully saturated rings. The average Bonchev–Trinajstić information content (AvgIpc) is 3.04. The van der Waals surface area contributed by atoms with Crippen LogP contribution in [0, 0.1) is 0 Å². The normalized spacial score (nSPS) is 10.4. The Morgan fingerprint density at radius 3 is 1.23 bits per heavy atom. The Labute approximate surface area is 249 Å². The largest absolute Gasteiger partial charge is 0.489 e. The molecule has 0 spiro atoms. The lowest BCUT2D eigenvalue weighted by Crippen LogP contribution is -2.11. The van der Waals surface area contributed by atoms with Crippen molar-refractivity contribution in [1.82, 2.24) is 0 Å². The van der Waals surface area contributed by atoms with E-state index in [1.807, 2.05) is 60.7 Å². The van der Waals surface area contributed by atoms with Gasteiger partial charge in [0.05, 0.1) is 11.1 Å². The molecule has 5 aromatic rings. The van der Waals surface area contributed by atoms with Crippen LogP contribution in [0.5, 0.6) is 23.0 Å². The fourth-order valence-electron chi connectivity index (χ4n) is 4.08. The van der Waals surface area contributed by atoms with Gasteiger partial charge in [-0.25, -0.2) is 9.59 Å². The van der Waals surface area contributed by atoms with Crippen molar-refractivity contribution in [2.45, 2.75) is 20.1 Å². The highest BCUT2D eigenvalue weighted by atomic mass is 16.5. The minimum atomic E-state index is -0.640. The molecule has 0 heterocycles. The molecule has 0 unspecified atom stereocenters. The summed E-state index contributed by atoms with van der Waals surface area (Å²) in [6, 6.07) is 36.8. The number of carbonyl (C=O) groups is 3. The number of hydrogen-bond acceptors (Lipinski definition) is 7. The number of ether oxygens (including phenoxy) is 4. The first-order chi connectivity index (χ1) is 20.9. The van der Waals surface area contributed by atoms with Gasteiger partial charge in [-0.3, -0.25) is 4.79 Å². The van der Waals surface area contributed by atoms with E-state index in [0.717, 1.165) is 11.1 Å². The van der Waals surface area contributed by atoms with Gasteiger partial charge < -0.3 is 18.9 Å². The molecule has 0 aromatic heterocycles. The second-order valence-electron chi connectivity index (χ2n) is 9.63. The highest BCUT2D eigenvalue weighted by molar-refractivity contribution is 5.96. The van der Waals surface area contributed by atoms with Crippen LogP contribution in [-0.4, -0.2) is 17.7 Å². The number of hydrogen-bond donors (Lipinski definition) is 0. The summed E-state index contributed by atoms with van der Waals surface area (Å²) in [4.78, 5) is 37.9. The topological polar surface area (TPSA) is 88.1 Å². The molecule has 0 aliphatic rings. The molecule has 214 valence electrons. The Morgan fingerprint density at radius 2 is 0.860 bits per heavy atom. The fourth-order valence-corrected chi connectivity index (χ4v) is 4.08. The molecule has 7 heteroatoms. The Bertz CT molecular complexity index is 1580. The predicted octanol–water partition coefficient (Wildman–Crippen LogP) is 7.49. The average molecular weight is 573 g/mol. The standard InChI is InChI=1S/C36H28O7/c1-25(37)30-20-33(42-35(38)28-12-16-31(17-13-28)40-23-26-8-4-2-5-9-26)22-34(21-30)43-36(39)29-14-18-32(19-15-29)41-24-27-10-6-3-7-11-27/h2-22H,23-24H2,1H3. The minimum Gasteiger partial charge on any atom is -0.489 e. The maximum atomic E-state index is 12.8. The van der Waals surface area contributed by atoms with E-state index >= 15 is 0 Å². The number of rotatable bonds is 11. The van der Waals surface area contributed by atoms with E-state index in [4.69, 9.17) is 18.9 Å². The second-order valence-corrected chi connectivity index (χ2v) is 9.63. The first-order valence-electron chi connectivity index (χ1n) is 13.6. The minimum absolute atomic E-state index is 0.0644. The zero-order valence-corrected chi connectivity index (χ0v) is 23.4. The van der Waals surface area contributed by atoms with E-state index in [9.17, 15) is 14.4 Å². The van der Waals surface area contributed by atoms with Crippen LogP contribution in [0.25, 0.3) is 0 Å². The maximum absolute atomic E-state index is 12.8. The van der Waals surface area contributed by atoms with Crippen molar-refractivity contribution < 1.29 is 33.3 Å². The number of Topliss-reactive ketones (excluding diaryl/α,β-unsaturated/α-hetero) is 1. The Morgan fingerprint density at radius 1 is 0.465 bits per heavy atom. The summed E-state index contributed by atoms with van der Waals surface area (Å²) < 4.78 is 22.6. The molecule has 0 radical (unpaired) electrons. The lowest BCUT2D eigenvalue weighted by Gasteiger charge is -2.11. The van der Waals surface area contributed by atoms with E-state index in [0.29, 0.717) is 24.7 Å². The summed E-state index contributed by atoms with van der Waals surface area (Å²) in [5.41, 5.74) is 2.85. The molecule has 0 N–H and O–H groups in total. The Kier molecular flexibility index (Phi) is 9.24. The molecular formula is C36H28O7. The molecule has 0 amide bonds. The smallest absolute Gasteiger partial charge is 0.343 e. The summed E-state index contributed by atoms with van der Waals surface area (Å²) in [7, 11) is 0. The second kappa shape index (κ2) is 13.8. The van der Waals surface area contributed by atoms with Gasteiger partial charge in [-0.2, -0.15) is 0 Å². The van der Waals surface area contributed by atoms with Gasteiger partial charge in [-0.15, -0.1) is 0 Å². The molecule has 0 aliphatic carbocycles. The van der Waals surface area contributed by atoms with Crippen molar-refractivity contribution in [1.29, 1.82) is 0 Å². The number of carbonyl (C=O) groups excluding carboxylic acids is 3. The van der Waals surface area contributed by atoms with Gasteiger partial charge in [0, 0.05) is 11.6 Å². The molecule has 0 bridgehead atoms. The van der Waals surface area contributed by atoms with Crippen molar-refractivity contribution in [2.75, 3.05) is 0 Å². The zero-order valence-electron chi connectivity index (χ0n) is 23.4. The van der Waals surface area contributed by atoms with Gasteiger partial charge in [0.1, 0.15) is 36.2 Å². The van der Waals surface area contributed by atoms with E-state index in [2.05, 4.69) is 0 Å². The van der Waals surface area contributed by atoms with Crippen molar-refractivity contribution >= 4 is 17.7 Å². The van der Waals surface area contributed by atoms with Crippen LogP contribution in [0.1, 0.15) is 49.1 Å². The summed E-state index contributed by atoms with van der Waals surface area (Å²) in [5.74, 6) is -0.232. The van der Waals surface area contributed by atoms with Gasteiger partial charge in [-0.1, -0.05) is 60.7 Å². The number of ketones is 1. The van der Waals surface area contributed by atoms with Crippen molar-refractivity contribution in [3.8, 4) is 23.0 Å². The van der Waals surface area contributed by atoms with E-state index in [1.165, 1.54) is 25.1 Å². The first kappa shape index (κ1) is 28.8. The molecule has 0 saturated heterocycles. The highest BCUT2D eigenvalue weighted by Gasteiger charge is 2.15. The van der Waals surface area contributed by atoms with Crippen LogP contribution in [-0.2, 0) is 13.2 Å².